The molecule has 6 heterocycles. The van der Waals surface area contributed by atoms with Gasteiger partial charge in [0.05, 0.1) is 17.4 Å². The van der Waals surface area contributed by atoms with Gasteiger partial charge >= 0.3 is 6.09 Å². The molecule has 1 amide bonds. The molecule has 1 saturated heterocycles. The Labute approximate surface area is 232 Å². The summed E-state index contributed by atoms with van der Waals surface area (Å²) in [5, 5.41) is 18.8. The fraction of sp³-hybridized carbons (Fsp3) is 0.414. The van der Waals surface area contributed by atoms with E-state index in [4.69, 9.17) is 15.0 Å². The van der Waals surface area contributed by atoms with Gasteiger partial charge in [0.2, 0.25) is 0 Å². The van der Waals surface area contributed by atoms with Crippen LogP contribution >= 0.6 is 11.4 Å². The van der Waals surface area contributed by atoms with Crippen molar-refractivity contribution < 1.29 is 9.90 Å². The maximum absolute atomic E-state index is 11.4. The van der Waals surface area contributed by atoms with Crippen LogP contribution in [-0.2, 0) is 6.54 Å². The van der Waals surface area contributed by atoms with E-state index in [1.54, 1.807) is 0 Å². The van der Waals surface area contributed by atoms with Crippen LogP contribution in [0.25, 0.3) is 5.57 Å². The number of fused-ring (bicyclic) bond motifs is 5. The highest BCUT2D eigenvalue weighted by Gasteiger charge is 2.28. The molecule has 10 heteroatoms. The number of rotatable bonds is 2. The Hall–Kier alpha value is -3.50. The van der Waals surface area contributed by atoms with E-state index in [1.807, 2.05) is 30.6 Å². The van der Waals surface area contributed by atoms with Crippen LogP contribution in [0.4, 0.5) is 10.6 Å². The SMILES string of the molecule is O=C(O)N1CC=C(c2cccnc2C2CCC3CCN(C3)C3=C(CNCc4cccc(n4)N2)[SH]=CC=N3)CC1. The van der Waals surface area contributed by atoms with Crippen LogP contribution in [0.1, 0.15) is 48.7 Å². The zero-order chi connectivity index (χ0) is 26.6. The molecular weight excluding hydrogens is 510 g/mol. The number of nitrogens with one attached hydrogen (secondary N) is 2. The molecule has 1 fully saturated rings. The van der Waals surface area contributed by atoms with Crippen molar-refractivity contribution in [3.8, 4) is 0 Å². The van der Waals surface area contributed by atoms with Gasteiger partial charge in [-0.2, -0.15) is 11.4 Å². The van der Waals surface area contributed by atoms with E-state index in [-0.39, 0.29) is 6.04 Å². The number of carboxylic acid groups (broad SMARTS) is 1. The number of hydrogen-bond acceptors (Lipinski definition) is 7. The van der Waals surface area contributed by atoms with Gasteiger partial charge in [-0.25, -0.2) is 14.8 Å². The van der Waals surface area contributed by atoms with Crippen LogP contribution < -0.4 is 10.6 Å². The molecule has 0 saturated carbocycles. The number of carbonyl (C=O) groups is 1. The average molecular weight is 546 g/mol. The lowest BCUT2D eigenvalue weighted by molar-refractivity contribution is 0.150. The van der Waals surface area contributed by atoms with Gasteiger partial charge in [0, 0.05) is 62.1 Å². The monoisotopic (exact) mass is 545 g/mol. The van der Waals surface area contributed by atoms with Crippen molar-refractivity contribution in [1.82, 2.24) is 25.1 Å². The normalized spacial score (nSPS) is 23.6. The summed E-state index contributed by atoms with van der Waals surface area (Å²) < 4.78 is 0. The first-order valence-electron chi connectivity index (χ1n) is 13.7. The molecule has 0 aromatic carbocycles. The standard InChI is InChI=1S/C29H35N7O2S/c37-29(38)35-14-9-21(10-15-35)23-4-2-11-31-27(23)24-7-6-20-8-13-36(19-20)28-25(39-16-12-32-28)18-30-17-22-3-1-5-26(33-22)34-24/h1-5,9,11-12,16,20,24,30,39H,6-8,10,13-15,17-19H2,(H,33,34)(H,37,38). The molecule has 4 aliphatic heterocycles. The minimum Gasteiger partial charge on any atom is -0.465 e. The van der Waals surface area contributed by atoms with Gasteiger partial charge < -0.3 is 25.5 Å². The Morgan fingerprint density at radius 2 is 2.05 bits per heavy atom. The molecule has 2 aromatic rings. The van der Waals surface area contributed by atoms with Gasteiger partial charge in [0.15, 0.2) is 0 Å². The Morgan fingerprint density at radius 3 is 2.92 bits per heavy atom. The number of thiol groups is 1. The fourth-order valence-corrected chi connectivity index (χ4v) is 6.72. The summed E-state index contributed by atoms with van der Waals surface area (Å²) in [7, 11) is 0. The zero-order valence-corrected chi connectivity index (χ0v) is 22.9. The second-order valence-electron chi connectivity index (χ2n) is 10.5. The summed E-state index contributed by atoms with van der Waals surface area (Å²) in [6, 6.07) is 10.2. The molecule has 6 rings (SSSR count). The molecule has 9 nitrogen and oxygen atoms in total. The van der Waals surface area contributed by atoms with Gasteiger partial charge in [-0.15, -0.1) is 0 Å². The molecule has 204 valence electrons. The highest BCUT2D eigenvalue weighted by Crippen LogP contribution is 2.35. The fourth-order valence-electron chi connectivity index (χ4n) is 5.89. The Morgan fingerprint density at radius 1 is 1.10 bits per heavy atom. The van der Waals surface area contributed by atoms with Crippen molar-refractivity contribution in [1.29, 1.82) is 0 Å². The van der Waals surface area contributed by atoms with E-state index in [9.17, 15) is 9.90 Å². The third-order valence-corrected chi connectivity index (χ3v) is 8.87. The largest absolute Gasteiger partial charge is 0.465 e. The molecular formula is C29H35N7O2S. The predicted molar refractivity (Wildman–Crippen MR) is 158 cm³/mol. The molecule has 2 atom stereocenters. The summed E-state index contributed by atoms with van der Waals surface area (Å²) >= 11 is 1.21. The third kappa shape index (κ3) is 5.91. The highest BCUT2D eigenvalue weighted by atomic mass is 32.1. The number of aliphatic imine (C=N–C) groups is 1. The first-order valence-corrected chi connectivity index (χ1v) is 14.7. The Bertz CT molecular complexity index is 1350. The topological polar surface area (TPSA) is 106 Å². The average Bonchev–Trinajstić information content (AvgIpc) is 3.44. The van der Waals surface area contributed by atoms with Crippen LogP contribution in [0.5, 0.6) is 0 Å². The summed E-state index contributed by atoms with van der Waals surface area (Å²) in [6.45, 7) is 4.44. The van der Waals surface area contributed by atoms with Crippen LogP contribution in [0.3, 0.4) is 0 Å². The first-order chi connectivity index (χ1) is 19.1. The molecule has 39 heavy (non-hydrogen) atoms. The molecule has 4 bridgehead atoms. The van der Waals surface area contributed by atoms with Gasteiger partial charge in [0.1, 0.15) is 11.6 Å². The quantitative estimate of drug-likeness (QED) is 0.332. The highest BCUT2D eigenvalue weighted by molar-refractivity contribution is 8.02. The van der Waals surface area contributed by atoms with E-state index in [1.165, 1.54) is 21.2 Å². The van der Waals surface area contributed by atoms with E-state index in [2.05, 4.69) is 39.1 Å². The van der Waals surface area contributed by atoms with Crippen LogP contribution in [-0.4, -0.2) is 75.3 Å². The molecule has 0 aliphatic carbocycles. The minimum absolute atomic E-state index is 0.00918. The lowest BCUT2D eigenvalue weighted by atomic mass is 9.91. The van der Waals surface area contributed by atoms with Crippen molar-refractivity contribution in [2.24, 2.45) is 10.9 Å². The maximum Gasteiger partial charge on any atom is 0.407 e. The second-order valence-corrected chi connectivity index (χ2v) is 11.6. The van der Waals surface area contributed by atoms with E-state index < -0.39 is 6.09 Å². The molecule has 0 spiro atoms. The van der Waals surface area contributed by atoms with Crippen LogP contribution in [0.15, 0.2) is 58.3 Å². The molecule has 2 unspecified atom stereocenters. The number of pyridine rings is 2. The zero-order valence-electron chi connectivity index (χ0n) is 22.0. The summed E-state index contributed by atoms with van der Waals surface area (Å²) in [5.74, 6) is 2.57. The van der Waals surface area contributed by atoms with Crippen LogP contribution in [0, 0.1) is 5.92 Å². The molecule has 4 aliphatic rings. The van der Waals surface area contributed by atoms with Gasteiger partial charge in [-0.05, 0) is 60.7 Å². The second kappa shape index (κ2) is 11.7. The maximum atomic E-state index is 11.4. The predicted octanol–water partition coefficient (Wildman–Crippen LogP) is 4.12. The summed E-state index contributed by atoms with van der Waals surface area (Å²) in [4.78, 5) is 31.3. The third-order valence-electron chi connectivity index (χ3n) is 7.92. The van der Waals surface area contributed by atoms with Gasteiger partial charge in [-0.1, -0.05) is 18.2 Å². The number of anilines is 1. The number of nitrogens with zero attached hydrogens (tertiary/aromatic N) is 5. The van der Waals surface area contributed by atoms with Crippen molar-refractivity contribution in [2.45, 2.75) is 38.3 Å². The summed E-state index contributed by atoms with van der Waals surface area (Å²) in [6.07, 6.45) is 8.81. The number of amides is 1. The van der Waals surface area contributed by atoms with Gasteiger partial charge in [-0.3, -0.25) is 4.98 Å². The number of hydrogen-bond donors (Lipinski definition) is 4. The molecule has 3 N–H and O–H groups in total. The van der Waals surface area contributed by atoms with Crippen molar-refractivity contribution in [2.75, 3.05) is 38.0 Å². The van der Waals surface area contributed by atoms with Gasteiger partial charge in [0.25, 0.3) is 0 Å². The van der Waals surface area contributed by atoms with E-state index in [0.29, 0.717) is 32.0 Å². The van der Waals surface area contributed by atoms with E-state index >= 15 is 0 Å². The lowest BCUT2D eigenvalue weighted by Crippen LogP contribution is -2.33. The number of aromatic nitrogens is 2. The Balaban J connectivity index is 1.31. The molecule has 0 radical (unpaired) electrons. The smallest absolute Gasteiger partial charge is 0.407 e. The minimum atomic E-state index is -0.870. The Kier molecular flexibility index (Phi) is 7.74. The van der Waals surface area contributed by atoms with Crippen LogP contribution in [0.2, 0.25) is 0 Å². The first kappa shape index (κ1) is 25.8. The molecule has 2 aromatic heterocycles. The van der Waals surface area contributed by atoms with Crippen molar-refractivity contribution in [3.63, 3.8) is 0 Å². The van der Waals surface area contributed by atoms with Crippen molar-refractivity contribution in [3.05, 3.63) is 70.3 Å². The van der Waals surface area contributed by atoms with E-state index in [0.717, 1.165) is 73.1 Å². The lowest BCUT2D eigenvalue weighted by Gasteiger charge is -2.27. The summed E-state index contributed by atoms with van der Waals surface area (Å²) in [5.41, 5.74) is 4.26. The van der Waals surface area contributed by atoms with Crippen molar-refractivity contribution >= 4 is 40.4 Å².